The minimum absolute atomic E-state index is 0.776. The summed E-state index contributed by atoms with van der Waals surface area (Å²) >= 11 is 4.43. The predicted octanol–water partition coefficient (Wildman–Crippen LogP) is 4.17. The van der Waals surface area contributed by atoms with Crippen molar-refractivity contribution in [3.8, 4) is 0 Å². The molecule has 0 spiro atoms. The topological polar surface area (TPSA) is 12.0 Å². The first kappa shape index (κ1) is 15.1. The third-order valence-corrected chi connectivity index (χ3v) is 7.59. The van der Waals surface area contributed by atoms with Crippen LogP contribution in [0.15, 0.2) is 0 Å². The van der Waals surface area contributed by atoms with E-state index in [9.17, 15) is 0 Å². The molecule has 1 aliphatic carbocycles. The van der Waals surface area contributed by atoms with Gasteiger partial charge in [0.15, 0.2) is 0 Å². The molecule has 2 fully saturated rings. The van der Waals surface area contributed by atoms with Gasteiger partial charge in [0.2, 0.25) is 0 Å². The van der Waals surface area contributed by atoms with Crippen LogP contribution in [0.25, 0.3) is 0 Å². The van der Waals surface area contributed by atoms with Gasteiger partial charge in [-0.15, -0.1) is 0 Å². The second-order valence-electron chi connectivity index (χ2n) is 5.79. The van der Waals surface area contributed by atoms with Crippen molar-refractivity contribution in [2.24, 2.45) is 5.92 Å². The highest BCUT2D eigenvalue weighted by Gasteiger charge is 2.35. The van der Waals surface area contributed by atoms with Crippen molar-refractivity contribution in [3.05, 3.63) is 0 Å². The average Bonchev–Trinajstić information content (AvgIpc) is 2.42. The molecule has 1 heterocycles. The molecule has 3 unspecified atom stereocenters. The van der Waals surface area contributed by atoms with Crippen LogP contribution in [0.5, 0.6) is 0 Å². The highest BCUT2D eigenvalue weighted by atomic mass is 32.2. The molecule has 1 saturated carbocycles. The monoisotopic (exact) mass is 287 g/mol. The zero-order valence-corrected chi connectivity index (χ0v) is 13.6. The predicted molar refractivity (Wildman–Crippen MR) is 86.8 cm³/mol. The lowest BCUT2D eigenvalue weighted by molar-refractivity contribution is 0.263. The van der Waals surface area contributed by atoms with Gasteiger partial charge in [0, 0.05) is 28.0 Å². The van der Waals surface area contributed by atoms with Crippen LogP contribution in [0, 0.1) is 5.92 Å². The largest absolute Gasteiger partial charge is 0.313 e. The fourth-order valence-corrected chi connectivity index (χ4v) is 6.44. The molecule has 1 N–H and O–H groups in total. The summed E-state index contributed by atoms with van der Waals surface area (Å²) in [4.78, 5) is 0. The summed E-state index contributed by atoms with van der Waals surface area (Å²) in [7, 11) is 0. The van der Waals surface area contributed by atoms with E-state index in [1.807, 2.05) is 0 Å². The normalized spacial score (nSPS) is 32.3. The van der Waals surface area contributed by atoms with Crippen molar-refractivity contribution in [1.29, 1.82) is 0 Å². The third-order valence-electron chi connectivity index (χ3n) is 4.38. The molecule has 3 atom stereocenters. The number of thioether (sulfide) groups is 2. The second kappa shape index (κ2) is 8.06. The summed E-state index contributed by atoms with van der Waals surface area (Å²) in [5, 5.41) is 5.58. The Morgan fingerprint density at radius 3 is 2.50 bits per heavy atom. The van der Waals surface area contributed by atoms with Crippen LogP contribution in [0.1, 0.15) is 52.4 Å². The van der Waals surface area contributed by atoms with E-state index in [2.05, 4.69) is 42.7 Å². The molecule has 2 aliphatic rings. The zero-order valence-electron chi connectivity index (χ0n) is 12.0. The highest BCUT2D eigenvalue weighted by molar-refractivity contribution is 8.07. The van der Waals surface area contributed by atoms with E-state index in [4.69, 9.17) is 0 Å². The molecule has 18 heavy (non-hydrogen) atoms. The maximum Gasteiger partial charge on any atom is 0.0320 e. The van der Waals surface area contributed by atoms with Crippen LogP contribution in [0.4, 0.5) is 0 Å². The Morgan fingerprint density at radius 2 is 1.83 bits per heavy atom. The summed E-state index contributed by atoms with van der Waals surface area (Å²) in [5.74, 6) is 3.66. The van der Waals surface area contributed by atoms with Crippen LogP contribution in [-0.4, -0.2) is 34.6 Å². The van der Waals surface area contributed by atoms with Crippen molar-refractivity contribution in [2.75, 3.05) is 18.1 Å². The second-order valence-corrected chi connectivity index (χ2v) is 8.56. The first-order valence-electron chi connectivity index (χ1n) is 7.79. The van der Waals surface area contributed by atoms with Crippen molar-refractivity contribution >= 4 is 23.5 Å². The molecule has 1 nitrogen and oxygen atoms in total. The Hall–Kier alpha value is 0.660. The molecule has 0 bridgehead atoms. The van der Waals surface area contributed by atoms with Gasteiger partial charge in [0.1, 0.15) is 0 Å². The molecule has 106 valence electrons. The lowest BCUT2D eigenvalue weighted by Gasteiger charge is -2.40. The summed E-state index contributed by atoms with van der Waals surface area (Å²) in [5.41, 5.74) is 0. The summed E-state index contributed by atoms with van der Waals surface area (Å²) in [6.45, 7) is 5.94. The van der Waals surface area contributed by atoms with E-state index >= 15 is 0 Å². The quantitative estimate of drug-likeness (QED) is 0.815. The third kappa shape index (κ3) is 4.08. The lowest BCUT2D eigenvalue weighted by atomic mass is 9.82. The Bertz CT molecular complexity index is 229. The van der Waals surface area contributed by atoms with Crippen LogP contribution < -0.4 is 5.32 Å². The van der Waals surface area contributed by atoms with Crippen molar-refractivity contribution < 1.29 is 0 Å². The molecule has 0 aromatic rings. The number of hydrogen-bond acceptors (Lipinski definition) is 3. The zero-order chi connectivity index (χ0) is 12.8. The number of hydrogen-bond donors (Lipinski definition) is 1. The van der Waals surface area contributed by atoms with Crippen molar-refractivity contribution in [2.45, 2.75) is 68.9 Å². The van der Waals surface area contributed by atoms with E-state index in [-0.39, 0.29) is 0 Å². The molecule has 3 heteroatoms. The number of nitrogens with one attached hydrogen (secondary N) is 1. The van der Waals surface area contributed by atoms with E-state index in [0.29, 0.717) is 0 Å². The fraction of sp³-hybridized carbons (Fsp3) is 1.00. The summed E-state index contributed by atoms with van der Waals surface area (Å²) < 4.78 is 0. The Balaban J connectivity index is 1.97. The molecule has 0 radical (unpaired) electrons. The minimum Gasteiger partial charge on any atom is -0.313 e. The van der Waals surface area contributed by atoms with Gasteiger partial charge in [-0.2, -0.15) is 23.5 Å². The molecule has 0 aromatic heterocycles. The molecule has 1 aliphatic heterocycles. The average molecular weight is 288 g/mol. The smallest absolute Gasteiger partial charge is 0.0320 e. The van der Waals surface area contributed by atoms with Gasteiger partial charge in [0.25, 0.3) is 0 Å². The number of rotatable bonds is 5. The van der Waals surface area contributed by atoms with Crippen LogP contribution in [-0.2, 0) is 0 Å². The van der Waals surface area contributed by atoms with Gasteiger partial charge in [0.05, 0.1) is 0 Å². The molecule has 0 aromatic carbocycles. The van der Waals surface area contributed by atoms with Gasteiger partial charge in [-0.25, -0.2) is 0 Å². The Kier molecular flexibility index (Phi) is 6.74. The van der Waals surface area contributed by atoms with E-state index in [1.54, 1.807) is 0 Å². The van der Waals surface area contributed by atoms with Crippen LogP contribution in [0.3, 0.4) is 0 Å². The van der Waals surface area contributed by atoms with E-state index < -0.39 is 0 Å². The highest BCUT2D eigenvalue weighted by Crippen LogP contribution is 2.38. The first-order chi connectivity index (χ1) is 8.83. The summed E-state index contributed by atoms with van der Waals surface area (Å²) in [6, 6.07) is 0.776. The van der Waals surface area contributed by atoms with Gasteiger partial charge in [-0.1, -0.05) is 33.1 Å². The lowest BCUT2D eigenvalue weighted by Crippen LogP contribution is -2.49. The molecule has 0 amide bonds. The first-order valence-corrected chi connectivity index (χ1v) is 9.89. The standard InChI is InChI=1S/C15H29NS2/c1-3-9-16-14(13-7-5-4-6-8-13)15-12(2)17-10-11-18-15/h12-16H,3-11H2,1-2H3. The van der Waals surface area contributed by atoms with Crippen LogP contribution in [0.2, 0.25) is 0 Å². The van der Waals surface area contributed by atoms with Gasteiger partial charge < -0.3 is 5.32 Å². The van der Waals surface area contributed by atoms with Gasteiger partial charge in [-0.05, 0) is 31.7 Å². The van der Waals surface area contributed by atoms with Gasteiger partial charge in [-0.3, -0.25) is 0 Å². The maximum atomic E-state index is 3.91. The molecule has 1 saturated heterocycles. The maximum absolute atomic E-state index is 3.91. The minimum atomic E-state index is 0.776. The molecule has 2 rings (SSSR count). The Labute approximate surface area is 122 Å². The SMILES string of the molecule is CCCNC(C1CCCCC1)C1SCCSC1C. The fourth-order valence-electron chi connectivity index (χ4n) is 3.40. The molecular formula is C15H29NS2. The van der Waals surface area contributed by atoms with Crippen molar-refractivity contribution in [1.82, 2.24) is 5.32 Å². The molecular weight excluding hydrogens is 258 g/mol. The van der Waals surface area contributed by atoms with Crippen LogP contribution >= 0.6 is 23.5 Å². The van der Waals surface area contributed by atoms with E-state index in [0.717, 1.165) is 22.5 Å². The Morgan fingerprint density at radius 1 is 1.11 bits per heavy atom. The van der Waals surface area contributed by atoms with E-state index in [1.165, 1.54) is 56.6 Å². The van der Waals surface area contributed by atoms with Gasteiger partial charge >= 0.3 is 0 Å². The summed E-state index contributed by atoms with van der Waals surface area (Å²) in [6.07, 6.45) is 8.61. The van der Waals surface area contributed by atoms with Crippen molar-refractivity contribution in [3.63, 3.8) is 0 Å².